The third kappa shape index (κ3) is 5.53. The van der Waals surface area contributed by atoms with Crippen molar-refractivity contribution in [2.45, 2.75) is 119 Å². The van der Waals surface area contributed by atoms with Gasteiger partial charge in [0.1, 0.15) is 23.9 Å². The summed E-state index contributed by atoms with van der Waals surface area (Å²) in [6.45, 7) is 0.422. The normalized spacial score (nSPS) is 31.8. The van der Waals surface area contributed by atoms with Gasteiger partial charge in [-0.05, 0) is 118 Å². The predicted octanol–water partition coefficient (Wildman–Crippen LogP) is 7.01. The second-order valence-electron chi connectivity index (χ2n) is 16.4. The van der Waals surface area contributed by atoms with Crippen molar-refractivity contribution in [2.24, 2.45) is 23.7 Å². The molecule has 0 saturated heterocycles. The van der Waals surface area contributed by atoms with Gasteiger partial charge in [0.25, 0.3) is 5.91 Å². The molecule has 6 saturated carbocycles. The van der Waals surface area contributed by atoms with Gasteiger partial charge in [0.2, 0.25) is 5.95 Å². The Morgan fingerprint density at radius 1 is 0.962 bits per heavy atom. The number of aliphatic carboxylic acids is 1. The summed E-state index contributed by atoms with van der Waals surface area (Å²) in [7, 11) is 0. The van der Waals surface area contributed by atoms with Crippen LogP contribution < -0.4 is 15.0 Å². The number of rotatable bonds is 7. The Hall–Kier alpha value is -4.23. The molecule has 3 aromatic rings. The number of nitrogens with one attached hydrogen (secondary N) is 1. The molecular weight excluding hydrogens is 675 g/mol. The SMILES string of the molecule is O=C(NC1(C(=O)O)C2CC3CC(C2)CC1C3)c1cnc(N2CC3(CCCCC3)c3cc(OC4CCC(n5cncn5)CC4)ccc32)nc1C(F)(F)F. The Balaban J connectivity index is 0.996. The Labute approximate surface area is 299 Å². The quantitative estimate of drug-likeness (QED) is 0.264. The van der Waals surface area contributed by atoms with Crippen LogP contribution in [0.15, 0.2) is 37.1 Å². The van der Waals surface area contributed by atoms with Gasteiger partial charge in [0, 0.05) is 23.8 Å². The lowest BCUT2D eigenvalue weighted by molar-refractivity contribution is -0.163. The highest BCUT2D eigenvalue weighted by atomic mass is 19.4. The number of benzene rings is 1. The van der Waals surface area contributed by atoms with Crippen molar-refractivity contribution in [3.63, 3.8) is 0 Å². The maximum atomic E-state index is 14.8. The summed E-state index contributed by atoms with van der Waals surface area (Å²) < 4.78 is 52.8. The topological polar surface area (TPSA) is 135 Å². The Kier molecular flexibility index (Phi) is 8.03. The van der Waals surface area contributed by atoms with E-state index in [-0.39, 0.29) is 29.3 Å². The smallest absolute Gasteiger partial charge is 0.434 e. The van der Waals surface area contributed by atoms with Crippen LogP contribution in [0.4, 0.5) is 24.8 Å². The van der Waals surface area contributed by atoms with Crippen LogP contribution >= 0.6 is 0 Å². The maximum Gasteiger partial charge on any atom is 0.434 e. The number of hydrogen-bond donors (Lipinski definition) is 2. The molecule has 6 aliphatic carbocycles. The van der Waals surface area contributed by atoms with Crippen molar-refractivity contribution in [3.8, 4) is 5.75 Å². The van der Waals surface area contributed by atoms with Gasteiger partial charge >= 0.3 is 12.1 Å². The fraction of sp³-hybridized carbons (Fsp3) is 0.632. The number of hydrogen-bond acceptors (Lipinski definition) is 8. The summed E-state index contributed by atoms with van der Waals surface area (Å²) in [4.78, 5) is 40.9. The third-order valence-corrected chi connectivity index (χ3v) is 13.5. The van der Waals surface area contributed by atoms with E-state index in [1.807, 2.05) is 16.8 Å². The average Bonchev–Trinajstić information content (AvgIpc) is 3.77. The molecule has 1 amide bonds. The van der Waals surface area contributed by atoms with Crippen molar-refractivity contribution in [2.75, 3.05) is 11.4 Å². The van der Waals surface area contributed by atoms with Crippen LogP contribution in [0.2, 0.25) is 0 Å². The van der Waals surface area contributed by atoms with Crippen molar-refractivity contribution >= 4 is 23.5 Å². The second kappa shape index (κ2) is 12.4. The van der Waals surface area contributed by atoms with Crippen LogP contribution in [0, 0.1) is 23.7 Å². The minimum atomic E-state index is -4.97. The van der Waals surface area contributed by atoms with Gasteiger partial charge in [0.15, 0.2) is 5.69 Å². The summed E-state index contributed by atoms with van der Waals surface area (Å²) in [5, 5.41) is 17.4. The van der Waals surface area contributed by atoms with Crippen molar-refractivity contribution in [1.29, 1.82) is 0 Å². The first kappa shape index (κ1) is 33.6. The molecule has 4 bridgehead atoms. The van der Waals surface area contributed by atoms with E-state index in [0.717, 1.165) is 87.4 Å². The van der Waals surface area contributed by atoms with Crippen LogP contribution in [-0.2, 0) is 16.4 Å². The van der Waals surface area contributed by atoms with Gasteiger partial charge in [-0.15, -0.1) is 0 Å². The lowest BCUT2D eigenvalue weighted by Gasteiger charge is -2.59. The Morgan fingerprint density at radius 3 is 2.31 bits per heavy atom. The number of carbonyl (C=O) groups excluding carboxylic acids is 1. The number of halogens is 3. The monoisotopic (exact) mass is 719 g/mol. The Morgan fingerprint density at radius 2 is 1.67 bits per heavy atom. The lowest BCUT2D eigenvalue weighted by Crippen LogP contribution is -2.70. The molecule has 0 unspecified atom stereocenters. The van der Waals surface area contributed by atoms with Gasteiger partial charge in [-0.3, -0.25) is 4.79 Å². The van der Waals surface area contributed by atoms with Gasteiger partial charge in [0.05, 0.1) is 17.7 Å². The standard InChI is InChI=1S/C38H44F3N7O4/c39-38(40,41)32-29(33(49)46-37(34(50)51)24-13-22-12-23(15-24)16-25(37)14-22)18-43-35(45-32)47-19-36(10-2-1-3-11-36)30-17-28(8-9-31(30)47)52-27-6-4-26(5-7-27)48-21-42-20-44-48/h8-9,17-18,20-27H,1-7,10-16,19H2,(H,46,49)(H,50,51). The molecule has 6 fully saturated rings. The number of amides is 1. The number of anilines is 2. The minimum absolute atomic E-state index is 0.0492. The first-order valence-corrected chi connectivity index (χ1v) is 19.0. The largest absolute Gasteiger partial charge is 0.490 e. The van der Waals surface area contributed by atoms with Crippen LogP contribution in [0.3, 0.4) is 0 Å². The van der Waals surface area contributed by atoms with E-state index < -0.39 is 34.8 Å². The molecule has 0 atom stereocenters. The van der Waals surface area contributed by atoms with E-state index in [2.05, 4.69) is 31.4 Å². The molecule has 10 rings (SSSR count). The molecule has 2 aromatic heterocycles. The highest BCUT2D eigenvalue weighted by Gasteiger charge is 2.62. The number of ether oxygens (including phenoxy) is 1. The number of carboxylic acid groups (broad SMARTS) is 1. The molecule has 14 heteroatoms. The van der Waals surface area contributed by atoms with Crippen LogP contribution in [0.1, 0.15) is 118 Å². The Bertz CT molecular complexity index is 1820. The van der Waals surface area contributed by atoms with Crippen LogP contribution in [-0.4, -0.2) is 59.9 Å². The summed E-state index contributed by atoms with van der Waals surface area (Å²) in [6.07, 6.45) is 11.5. The minimum Gasteiger partial charge on any atom is -0.490 e. The van der Waals surface area contributed by atoms with E-state index in [1.165, 1.54) is 0 Å². The number of fused-ring (bicyclic) bond motifs is 2. The van der Waals surface area contributed by atoms with Crippen LogP contribution in [0.5, 0.6) is 5.75 Å². The van der Waals surface area contributed by atoms with Crippen molar-refractivity contribution < 1.29 is 32.6 Å². The highest BCUT2D eigenvalue weighted by molar-refractivity contribution is 5.99. The van der Waals surface area contributed by atoms with Gasteiger partial charge in [-0.25, -0.2) is 24.4 Å². The average molecular weight is 720 g/mol. The first-order chi connectivity index (χ1) is 25.0. The number of carbonyl (C=O) groups is 2. The van der Waals surface area contributed by atoms with Crippen LogP contribution in [0.25, 0.3) is 0 Å². The second-order valence-corrected chi connectivity index (χ2v) is 16.4. The number of alkyl halides is 3. The highest BCUT2D eigenvalue weighted by Crippen LogP contribution is 2.59. The molecule has 11 nitrogen and oxygen atoms in total. The maximum absolute atomic E-state index is 14.8. The van der Waals surface area contributed by atoms with E-state index in [0.29, 0.717) is 50.1 Å². The van der Waals surface area contributed by atoms with Crippen molar-refractivity contribution in [3.05, 3.63) is 53.9 Å². The van der Waals surface area contributed by atoms with E-state index in [9.17, 15) is 27.9 Å². The van der Waals surface area contributed by atoms with E-state index >= 15 is 0 Å². The van der Waals surface area contributed by atoms with Crippen molar-refractivity contribution in [1.82, 2.24) is 30.0 Å². The number of aromatic nitrogens is 5. The molecule has 1 aliphatic heterocycles. The lowest BCUT2D eigenvalue weighted by atomic mass is 9.48. The summed E-state index contributed by atoms with van der Waals surface area (Å²) in [5.41, 5.74) is -2.21. The van der Waals surface area contributed by atoms with E-state index in [4.69, 9.17) is 4.74 Å². The molecule has 0 radical (unpaired) electrons. The molecule has 1 aromatic carbocycles. The fourth-order valence-electron chi connectivity index (χ4n) is 11.3. The van der Waals surface area contributed by atoms with Gasteiger partial charge in [-0.2, -0.15) is 18.3 Å². The zero-order chi connectivity index (χ0) is 35.8. The zero-order valence-corrected chi connectivity index (χ0v) is 29.0. The summed E-state index contributed by atoms with van der Waals surface area (Å²) >= 11 is 0. The van der Waals surface area contributed by atoms with Gasteiger partial charge < -0.3 is 20.1 Å². The molecule has 7 aliphatic rings. The summed E-state index contributed by atoms with van der Waals surface area (Å²) in [5.74, 6) is -1.45. The van der Waals surface area contributed by atoms with E-state index in [1.54, 1.807) is 17.6 Å². The molecular formula is C38H44F3N7O4. The fourth-order valence-corrected chi connectivity index (χ4v) is 11.3. The first-order valence-electron chi connectivity index (χ1n) is 19.0. The molecule has 52 heavy (non-hydrogen) atoms. The zero-order valence-electron chi connectivity index (χ0n) is 29.0. The molecule has 2 N–H and O–H groups in total. The molecule has 276 valence electrons. The van der Waals surface area contributed by atoms with Gasteiger partial charge in [-0.1, -0.05) is 19.3 Å². The summed E-state index contributed by atoms with van der Waals surface area (Å²) in [6, 6.07) is 6.14. The third-order valence-electron chi connectivity index (χ3n) is 13.5. The number of nitrogens with zero attached hydrogens (tertiary/aromatic N) is 6. The molecule has 1 spiro atoms. The predicted molar refractivity (Wildman–Crippen MR) is 182 cm³/mol. The number of carboxylic acids is 1. The molecule has 3 heterocycles.